The maximum absolute atomic E-state index is 12.0. The van der Waals surface area contributed by atoms with Crippen molar-refractivity contribution in [2.45, 2.75) is 33.2 Å². The molecule has 0 aliphatic carbocycles. The van der Waals surface area contributed by atoms with Crippen LogP contribution >= 0.6 is 0 Å². The standard InChI is InChI=1S/C16H26N2O3S/c1-13(2)12-18(22(4,20)21)11-10-16(19)17-14(3)15-8-6-5-7-9-15/h5-9,13-14H,10-12H2,1-4H3,(H,17,19). The van der Waals surface area contributed by atoms with Crippen LogP contribution in [0.5, 0.6) is 0 Å². The van der Waals surface area contributed by atoms with Crippen LogP contribution in [-0.2, 0) is 14.8 Å². The number of benzene rings is 1. The first-order valence-corrected chi connectivity index (χ1v) is 9.34. The quantitative estimate of drug-likeness (QED) is 0.796. The zero-order valence-electron chi connectivity index (χ0n) is 13.7. The van der Waals surface area contributed by atoms with Crippen molar-refractivity contribution in [3.05, 3.63) is 35.9 Å². The van der Waals surface area contributed by atoms with E-state index in [2.05, 4.69) is 5.32 Å². The molecule has 124 valence electrons. The van der Waals surface area contributed by atoms with Crippen LogP contribution in [0.1, 0.15) is 38.8 Å². The number of sulfonamides is 1. The molecular weight excluding hydrogens is 300 g/mol. The molecular formula is C16H26N2O3S. The highest BCUT2D eigenvalue weighted by Gasteiger charge is 2.19. The summed E-state index contributed by atoms with van der Waals surface area (Å²) in [6.07, 6.45) is 1.34. The molecule has 6 heteroatoms. The molecule has 0 saturated carbocycles. The minimum atomic E-state index is -3.28. The van der Waals surface area contributed by atoms with E-state index in [0.29, 0.717) is 6.54 Å². The highest BCUT2D eigenvalue weighted by Crippen LogP contribution is 2.11. The predicted molar refractivity (Wildman–Crippen MR) is 88.9 cm³/mol. The summed E-state index contributed by atoms with van der Waals surface area (Å²) in [5.74, 6) is 0.0785. The predicted octanol–water partition coefficient (Wildman–Crippen LogP) is 2.17. The van der Waals surface area contributed by atoms with Crippen molar-refractivity contribution in [3.63, 3.8) is 0 Å². The summed E-state index contributed by atoms with van der Waals surface area (Å²) < 4.78 is 24.8. The van der Waals surface area contributed by atoms with Gasteiger partial charge in [-0.3, -0.25) is 4.79 Å². The number of carbonyl (C=O) groups excluding carboxylic acids is 1. The van der Waals surface area contributed by atoms with Gasteiger partial charge in [-0.25, -0.2) is 12.7 Å². The van der Waals surface area contributed by atoms with Gasteiger partial charge in [-0.15, -0.1) is 0 Å². The van der Waals surface area contributed by atoms with Crippen LogP contribution in [0, 0.1) is 5.92 Å². The van der Waals surface area contributed by atoms with E-state index < -0.39 is 10.0 Å². The maximum atomic E-state index is 12.0. The van der Waals surface area contributed by atoms with Gasteiger partial charge in [0.25, 0.3) is 0 Å². The van der Waals surface area contributed by atoms with Gasteiger partial charge in [0.05, 0.1) is 12.3 Å². The number of amides is 1. The highest BCUT2D eigenvalue weighted by atomic mass is 32.2. The number of hydrogen-bond acceptors (Lipinski definition) is 3. The summed E-state index contributed by atoms with van der Waals surface area (Å²) in [5, 5.41) is 2.90. The monoisotopic (exact) mass is 326 g/mol. The molecule has 1 unspecified atom stereocenters. The Bertz CT molecular complexity index is 570. The van der Waals surface area contributed by atoms with E-state index >= 15 is 0 Å². The largest absolute Gasteiger partial charge is 0.350 e. The summed E-state index contributed by atoms with van der Waals surface area (Å²) in [6, 6.07) is 9.58. The lowest BCUT2D eigenvalue weighted by atomic mass is 10.1. The van der Waals surface area contributed by atoms with E-state index in [1.54, 1.807) is 0 Å². The molecule has 0 heterocycles. The summed E-state index contributed by atoms with van der Waals surface area (Å²) in [7, 11) is -3.28. The molecule has 1 amide bonds. The number of hydrogen-bond donors (Lipinski definition) is 1. The fourth-order valence-corrected chi connectivity index (χ4v) is 3.16. The second-order valence-electron chi connectivity index (χ2n) is 5.96. The van der Waals surface area contributed by atoms with Gasteiger partial charge in [0.1, 0.15) is 0 Å². The molecule has 0 fully saturated rings. The Hall–Kier alpha value is -1.40. The minimum absolute atomic E-state index is 0.0921. The third-order valence-electron chi connectivity index (χ3n) is 3.30. The van der Waals surface area contributed by atoms with Crippen molar-refractivity contribution in [3.8, 4) is 0 Å². The van der Waals surface area contributed by atoms with Crippen molar-refractivity contribution >= 4 is 15.9 Å². The molecule has 0 radical (unpaired) electrons. The fraction of sp³-hybridized carbons (Fsp3) is 0.562. The van der Waals surface area contributed by atoms with Crippen LogP contribution in [0.15, 0.2) is 30.3 Å². The number of carbonyl (C=O) groups is 1. The lowest BCUT2D eigenvalue weighted by Gasteiger charge is -2.22. The smallest absolute Gasteiger partial charge is 0.221 e. The SMILES string of the molecule is CC(C)CN(CCC(=O)NC(C)c1ccccc1)S(C)(=O)=O. The van der Waals surface area contributed by atoms with Gasteiger partial charge in [0.2, 0.25) is 15.9 Å². The van der Waals surface area contributed by atoms with E-state index in [1.165, 1.54) is 10.6 Å². The van der Waals surface area contributed by atoms with Crippen LogP contribution in [0.25, 0.3) is 0 Å². The van der Waals surface area contributed by atoms with Crippen molar-refractivity contribution < 1.29 is 13.2 Å². The van der Waals surface area contributed by atoms with E-state index in [1.807, 2.05) is 51.1 Å². The average Bonchev–Trinajstić information content (AvgIpc) is 2.42. The van der Waals surface area contributed by atoms with Crippen molar-refractivity contribution in [1.29, 1.82) is 0 Å². The molecule has 0 aliphatic rings. The number of nitrogens with zero attached hydrogens (tertiary/aromatic N) is 1. The zero-order chi connectivity index (χ0) is 16.8. The van der Waals surface area contributed by atoms with Gasteiger partial charge in [-0.05, 0) is 18.4 Å². The second kappa shape index (κ2) is 8.29. The van der Waals surface area contributed by atoms with Gasteiger partial charge in [-0.1, -0.05) is 44.2 Å². The van der Waals surface area contributed by atoms with Gasteiger partial charge >= 0.3 is 0 Å². The summed E-state index contributed by atoms with van der Waals surface area (Å²) in [4.78, 5) is 12.0. The molecule has 1 N–H and O–H groups in total. The number of rotatable bonds is 8. The average molecular weight is 326 g/mol. The van der Waals surface area contributed by atoms with Crippen LogP contribution in [0.4, 0.5) is 0 Å². The van der Waals surface area contributed by atoms with Crippen LogP contribution in [-0.4, -0.2) is 38.0 Å². The van der Waals surface area contributed by atoms with Gasteiger partial charge in [0.15, 0.2) is 0 Å². The summed E-state index contributed by atoms with van der Waals surface area (Å²) in [5.41, 5.74) is 1.03. The van der Waals surface area contributed by atoms with E-state index in [-0.39, 0.29) is 30.8 Å². The van der Waals surface area contributed by atoms with Crippen LogP contribution in [0.2, 0.25) is 0 Å². The molecule has 0 bridgehead atoms. The molecule has 0 spiro atoms. The van der Waals surface area contributed by atoms with E-state index in [9.17, 15) is 13.2 Å². The molecule has 22 heavy (non-hydrogen) atoms. The van der Waals surface area contributed by atoms with Crippen molar-refractivity contribution in [2.24, 2.45) is 5.92 Å². The molecule has 0 aliphatic heterocycles. The Morgan fingerprint density at radius 1 is 1.18 bits per heavy atom. The molecule has 5 nitrogen and oxygen atoms in total. The number of nitrogens with one attached hydrogen (secondary N) is 1. The van der Waals surface area contributed by atoms with Gasteiger partial charge in [-0.2, -0.15) is 0 Å². The normalized spacial score (nSPS) is 13.4. The van der Waals surface area contributed by atoms with Gasteiger partial charge in [0, 0.05) is 19.5 Å². The fourth-order valence-electron chi connectivity index (χ4n) is 2.16. The van der Waals surface area contributed by atoms with Crippen molar-refractivity contribution in [2.75, 3.05) is 19.3 Å². The Balaban J connectivity index is 2.54. The Morgan fingerprint density at radius 3 is 2.27 bits per heavy atom. The molecule has 1 rings (SSSR count). The first-order valence-electron chi connectivity index (χ1n) is 7.49. The first kappa shape index (κ1) is 18.6. The van der Waals surface area contributed by atoms with Crippen LogP contribution in [0.3, 0.4) is 0 Å². The summed E-state index contributed by atoms with van der Waals surface area (Å²) in [6.45, 7) is 6.46. The lowest BCUT2D eigenvalue weighted by molar-refractivity contribution is -0.121. The van der Waals surface area contributed by atoms with E-state index in [4.69, 9.17) is 0 Å². The maximum Gasteiger partial charge on any atom is 0.221 e. The third-order valence-corrected chi connectivity index (χ3v) is 4.57. The minimum Gasteiger partial charge on any atom is -0.350 e. The van der Waals surface area contributed by atoms with Gasteiger partial charge < -0.3 is 5.32 Å². The lowest BCUT2D eigenvalue weighted by Crippen LogP contribution is -2.37. The third kappa shape index (κ3) is 6.58. The topological polar surface area (TPSA) is 66.5 Å². The Morgan fingerprint density at radius 2 is 1.77 bits per heavy atom. The highest BCUT2D eigenvalue weighted by molar-refractivity contribution is 7.88. The van der Waals surface area contributed by atoms with Crippen LogP contribution < -0.4 is 5.32 Å². The Kier molecular flexibility index (Phi) is 7.03. The second-order valence-corrected chi connectivity index (χ2v) is 7.95. The first-order chi connectivity index (χ1) is 10.2. The van der Waals surface area contributed by atoms with E-state index in [0.717, 1.165) is 5.56 Å². The summed E-state index contributed by atoms with van der Waals surface area (Å²) >= 11 is 0. The molecule has 1 atom stereocenters. The Labute approximate surface area is 133 Å². The van der Waals surface area contributed by atoms with Crippen molar-refractivity contribution in [1.82, 2.24) is 9.62 Å². The molecule has 0 saturated heterocycles. The molecule has 0 aromatic heterocycles. The molecule has 1 aromatic rings. The zero-order valence-corrected chi connectivity index (χ0v) is 14.6. The molecule has 1 aromatic carbocycles.